The number of carbonyl (C=O) groups is 1. The minimum absolute atomic E-state index is 0.123. The standard InChI is InChI=1S/C9H5BrFN3O2/c10-6-2-1-5(3-7(6)11)14-8(9(15)16)4-12-13-14/h1-4H,(H,15,16). The molecule has 0 amide bonds. The third kappa shape index (κ3) is 1.81. The fourth-order valence-electron chi connectivity index (χ4n) is 1.19. The Morgan fingerprint density at radius 1 is 1.50 bits per heavy atom. The molecule has 1 N–H and O–H groups in total. The van der Waals surface area contributed by atoms with E-state index in [1.165, 1.54) is 18.2 Å². The normalized spacial score (nSPS) is 10.4. The average Bonchev–Trinajstić information content (AvgIpc) is 2.71. The first-order valence-corrected chi connectivity index (χ1v) is 4.98. The smallest absolute Gasteiger partial charge is 0.356 e. The summed E-state index contributed by atoms with van der Waals surface area (Å²) in [4.78, 5) is 10.8. The van der Waals surface area contributed by atoms with Crippen molar-refractivity contribution in [3.8, 4) is 5.69 Å². The number of hydrogen-bond donors (Lipinski definition) is 1. The Kier molecular flexibility index (Phi) is 2.69. The van der Waals surface area contributed by atoms with Crippen molar-refractivity contribution in [2.75, 3.05) is 0 Å². The highest BCUT2D eigenvalue weighted by atomic mass is 79.9. The van der Waals surface area contributed by atoms with Crippen LogP contribution in [0.15, 0.2) is 28.9 Å². The predicted molar refractivity (Wildman–Crippen MR) is 56.0 cm³/mol. The van der Waals surface area contributed by atoms with Gasteiger partial charge in [-0.2, -0.15) is 0 Å². The molecule has 5 nitrogen and oxygen atoms in total. The molecule has 0 aliphatic rings. The summed E-state index contributed by atoms with van der Waals surface area (Å²) in [6.45, 7) is 0. The summed E-state index contributed by atoms with van der Waals surface area (Å²) >= 11 is 3.00. The van der Waals surface area contributed by atoms with Gasteiger partial charge in [0.25, 0.3) is 0 Å². The summed E-state index contributed by atoms with van der Waals surface area (Å²) in [6, 6.07) is 4.18. The Hall–Kier alpha value is -1.76. The molecular formula is C9H5BrFN3O2. The van der Waals surface area contributed by atoms with Crippen molar-refractivity contribution in [2.45, 2.75) is 0 Å². The van der Waals surface area contributed by atoms with Crippen LogP contribution in [0.5, 0.6) is 0 Å². The van der Waals surface area contributed by atoms with E-state index in [1.807, 2.05) is 0 Å². The molecular weight excluding hydrogens is 281 g/mol. The van der Waals surface area contributed by atoms with Gasteiger partial charge in [-0.1, -0.05) is 5.21 Å². The monoisotopic (exact) mass is 285 g/mol. The van der Waals surface area contributed by atoms with Crippen LogP contribution in [-0.4, -0.2) is 26.1 Å². The summed E-state index contributed by atoms with van der Waals surface area (Å²) in [5, 5.41) is 15.9. The summed E-state index contributed by atoms with van der Waals surface area (Å²) < 4.78 is 14.6. The Balaban J connectivity index is 2.54. The minimum atomic E-state index is -1.17. The third-order valence-corrected chi connectivity index (χ3v) is 2.56. The van der Waals surface area contributed by atoms with Gasteiger partial charge in [0.2, 0.25) is 0 Å². The van der Waals surface area contributed by atoms with Gasteiger partial charge in [0.1, 0.15) is 5.82 Å². The largest absolute Gasteiger partial charge is 0.476 e. The molecule has 0 radical (unpaired) electrons. The Labute approximate surface area is 97.6 Å². The molecule has 0 aliphatic heterocycles. The van der Waals surface area contributed by atoms with Crippen molar-refractivity contribution in [1.82, 2.24) is 15.0 Å². The first-order valence-electron chi connectivity index (χ1n) is 4.19. The molecule has 2 aromatic rings. The second-order valence-electron chi connectivity index (χ2n) is 2.93. The lowest BCUT2D eigenvalue weighted by molar-refractivity contribution is 0.0687. The third-order valence-electron chi connectivity index (χ3n) is 1.92. The van der Waals surface area contributed by atoms with E-state index in [0.717, 1.165) is 10.9 Å². The van der Waals surface area contributed by atoms with E-state index < -0.39 is 11.8 Å². The summed E-state index contributed by atoms with van der Waals surface area (Å²) in [6.07, 6.45) is 1.10. The molecule has 0 aliphatic carbocycles. The lowest BCUT2D eigenvalue weighted by atomic mass is 10.3. The van der Waals surface area contributed by atoms with Gasteiger partial charge >= 0.3 is 5.97 Å². The van der Waals surface area contributed by atoms with E-state index in [-0.39, 0.29) is 5.69 Å². The van der Waals surface area contributed by atoms with Gasteiger partial charge in [-0.25, -0.2) is 13.9 Å². The quantitative estimate of drug-likeness (QED) is 0.915. The highest BCUT2D eigenvalue weighted by Gasteiger charge is 2.13. The molecule has 1 aromatic heterocycles. The first-order chi connectivity index (χ1) is 7.59. The van der Waals surface area contributed by atoms with E-state index in [2.05, 4.69) is 26.2 Å². The number of rotatable bonds is 2. The van der Waals surface area contributed by atoms with Crippen molar-refractivity contribution < 1.29 is 14.3 Å². The number of benzene rings is 1. The van der Waals surface area contributed by atoms with Gasteiger partial charge in [-0.3, -0.25) is 0 Å². The maximum absolute atomic E-state index is 13.2. The van der Waals surface area contributed by atoms with Gasteiger partial charge in [0.05, 0.1) is 16.4 Å². The maximum atomic E-state index is 13.2. The zero-order valence-corrected chi connectivity index (χ0v) is 9.35. The molecule has 2 rings (SSSR count). The van der Waals surface area contributed by atoms with Crippen LogP contribution in [0, 0.1) is 5.82 Å². The van der Waals surface area contributed by atoms with Crippen molar-refractivity contribution in [1.29, 1.82) is 0 Å². The molecule has 1 aromatic carbocycles. The fraction of sp³-hybridized carbons (Fsp3) is 0. The van der Waals surface area contributed by atoms with E-state index >= 15 is 0 Å². The molecule has 0 saturated carbocycles. The topological polar surface area (TPSA) is 68.0 Å². The second kappa shape index (κ2) is 4.01. The number of aromatic carboxylic acids is 1. The molecule has 16 heavy (non-hydrogen) atoms. The predicted octanol–water partition coefficient (Wildman–Crippen LogP) is 1.87. The van der Waals surface area contributed by atoms with Gasteiger partial charge in [-0.15, -0.1) is 5.10 Å². The number of carboxylic acid groups (broad SMARTS) is 1. The molecule has 0 saturated heterocycles. The van der Waals surface area contributed by atoms with E-state index in [4.69, 9.17) is 5.11 Å². The lowest BCUT2D eigenvalue weighted by Crippen LogP contribution is -2.08. The van der Waals surface area contributed by atoms with Crippen molar-refractivity contribution >= 4 is 21.9 Å². The van der Waals surface area contributed by atoms with Gasteiger partial charge < -0.3 is 5.11 Å². The number of hydrogen-bond acceptors (Lipinski definition) is 3. The zero-order valence-electron chi connectivity index (χ0n) is 7.76. The van der Waals surface area contributed by atoms with Crippen LogP contribution in [0.2, 0.25) is 0 Å². The molecule has 0 fully saturated rings. The Morgan fingerprint density at radius 2 is 2.25 bits per heavy atom. The van der Waals surface area contributed by atoms with Crippen LogP contribution in [0.3, 0.4) is 0 Å². The molecule has 7 heteroatoms. The molecule has 0 unspecified atom stereocenters. The average molecular weight is 286 g/mol. The van der Waals surface area contributed by atoms with Crippen LogP contribution in [-0.2, 0) is 0 Å². The minimum Gasteiger partial charge on any atom is -0.476 e. The van der Waals surface area contributed by atoms with Crippen LogP contribution >= 0.6 is 15.9 Å². The molecule has 0 spiro atoms. The number of halogens is 2. The van der Waals surface area contributed by atoms with Crippen LogP contribution < -0.4 is 0 Å². The highest BCUT2D eigenvalue weighted by Crippen LogP contribution is 2.19. The zero-order chi connectivity index (χ0) is 11.7. The van der Waals surface area contributed by atoms with Crippen LogP contribution in [0.25, 0.3) is 5.69 Å². The second-order valence-corrected chi connectivity index (χ2v) is 3.79. The maximum Gasteiger partial charge on any atom is 0.356 e. The number of aromatic nitrogens is 3. The fourth-order valence-corrected chi connectivity index (χ4v) is 1.43. The lowest BCUT2D eigenvalue weighted by Gasteiger charge is -2.03. The molecule has 0 bridgehead atoms. The van der Waals surface area contributed by atoms with E-state index in [0.29, 0.717) is 10.2 Å². The highest BCUT2D eigenvalue weighted by molar-refractivity contribution is 9.10. The summed E-state index contributed by atoms with van der Waals surface area (Å²) in [5.41, 5.74) is 0.178. The van der Waals surface area contributed by atoms with Crippen LogP contribution in [0.1, 0.15) is 10.5 Å². The molecule has 0 atom stereocenters. The van der Waals surface area contributed by atoms with Crippen molar-refractivity contribution in [3.63, 3.8) is 0 Å². The van der Waals surface area contributed by atoms with Crippen molar-refractivity contribution in [2.24, 2.45) is 0 Å². The number of carboxylic acids is 1. The van der Waals surface area contributed by atoms with E-state index in [1.54, 1.807) is 0 Å². The van der Waals surface area contributed by atoms with Gasteiger partial charge in [0, 0.05) is 6.07 Å². The Morgan fingerprint density at radius 3 is 2.88 bits per heavy atom. The first kappa shape index (κ1) is 10.7. The van der Waals surface area contributed by atoms with Crippen molar-refractivity contribution in [3.05, 3.63) is 40.4 Å². The molecule has 1 heterocycles. The van der Waals surface area contributed by atoms with E-state index in [9.17, 15) is 9.18 Å². The van der Waals surface area contributed by atoms with Crippen LogP contribution in [0.4, 0.5) is 4.39 Å². The SMILES string of the molecule is O=C(O)c1cnnn1-c1ccc(Br)c(F)c1. The van der Waals surface area contributed by atoms with Gasteiger partial charge in [0.15, 0.2) is 5.69 Å². The molecule has 82 valence electrons. The summed E-state index contributed by atoms with van der Waals surface area (Å²) in [5.74, 6) is -1.67. The van der Waals surface area contributed by atoms with Gasteiger partial charge in [-0.05, 0) is 28.1 Å². The summed E-state index contributed by atoms with van der Waals surface area (Å²) in [7, 11) is 0. The Bertz CT molecular complexity index is 555. The number of nitrogens with zero attached hydrogens (tertiary/aromatic N) is 3.